The van der Waals surface area contributed by atoms with Gasteiger partial charge < -0.3 is 24.6 Å². The van der Waals surface area contributed by atoms with Crippen molar-refractivity contribution in [2.24, 2.45) is 0 Å². The summed E-state index contributed by atoms with van der Waals surface area (Å²) in [5.41, 5.74) is -0.283. The monoisotopic (exact) mass is 481 g/mol. The molecule has 0 spiro atoms. The number of benzene rings is 1. The molecule has 0 saturated carbocycles. The van der Waals surface area contributed by atoms with Crippen molar-refractivity contribution in [2.45, 2.75) is 19.4 Å². The second-order valence-electron chi connectivity index (χ2n) is 8.04. The van der Waals surface area contributed by atoms with Gasteiger partial charge in [0, 0.05) is 18.2 Å². The second-order valence-corrected chi connectivity index (χ2v) is 8.04. The van der Waals surface area contributed by atoms with Crippen molar-refractivity contribution in [3.8, 4) is 11.5 Å². The molecule has 35 heavy (non-hydrogen) atoms. The Hall–Kier alpha value is -4.25. The molecule has 1 aromatic carbocycles. The molecule has 2 aliphatic heterocycles. The quantitative estimate of drug-likeness (QED) is 0.509. The first-order valence-electron chi connectivity index (χ1n) is 10.9. The lowest BCUT2D eigenvalue weighted by Crippen LogP contribution is -2.49. The fourth-order valence-corrected chi connectivity index (χ4v) is 3.87. The summed E-state index contributed by atoms with van der Waals surface area (Å²) in [5, 5.41) is 13.5. The molecule has 3 aromatic rings. The number of halogens is 1. The van der Waals surface area contributed by atoms with Gasteiger partial charge in [-0.3, -0.25) is 19.1 Å². The smallest absolute Gasteiger partial charge is 0.347 e. The van der Waals surface area contributed by atoms with Gasteiger partial charge in [0.2, 0.25) is 5.76 Å². The van der Waals surface area contributed by atoms with Crippen LogP contribution in [0.15, 0.2) is 41.0 Å². The maximum Gasteiger partial charge on any atom is 0.347 e. The van der Waals surface area contributed by atoms with Crippen LogP contribution in [0.25, 0.3) is 17.2 Å². The van der Waals surface area contributed by atoms with Crippen molar-refractivity contribution in [1.82, 2.24) is 14.9 Å². The fourth-order valence-electron chi connectivity index (χ4n) is 3.87. The summed E-state index contributed by atoms with van der Waals surface area (Å²) in [4.78, 5) is 42.9. The van der Waals surface area contributed by atoms with Crippen molar-refractivity contribution in [3.05, 3.63) is 69.1 Å². The highest BCUT2D eigenvalue weighted by atomic mass is 19.1. The van der Waals surface area contributed by atoms with Crippen LogP contribution in [0.1, 0.15) is 28.4 Å². The second kappa shape index (κ2) is 8.84. The average molecular weight is 481 g/mol. The molecule has 4 heterocycles. The largest absolute Gasteiger partial charge is 0.505 e. The summed E-state index contributed by atoms with van der Waals surface area (Å²) in [7, 11) is 0. The van der Waals surface area contributed by atoms with Crippen molar-refractivity contribution >= 4 is 29.1 Å². The Balaban J connectivity index is 1.68. The zero-order chi connectivity index (χ0) is 24.7. The number of hydrogen-bond donors (Lipinski definition) is 2. The predicted octanol–water partition coefficient (Wildman–Crippen LogP) is 1.71. The van der Waals surface area contributed by atoms with Crippen LogP contribution in [0.5, 0.6) is 11.5 Å². The minimum atomic E-state index is -1.02. The minimum Gasteiger partial charge on any atom is -0.505 e. The molecule has 10 nitrogen and oxygen atoms in total. The lowest BCUT2D eigenvalue weighted by atomic mass is 10.0. The molecule has 0 radical (unpaired) electrons. The van der Waals surface area contributed by atoms with Crippen molar-refractivity contribution in [3.63, 3.8) is 0 Å². The van der Waals surface area contributed by atoms with Crippen LogP contribution in [0.4, 0.5) is 4.39 Å². The third kappa shape index (κ3) is 3.99. The maximum absolute atomic E-state index is 13.4. The molecule has 2 aromatic heterocycles. The summed E-state index contributed by atoms with van der Waals surface area (Å²) in [6.45, 7) is 2.26. The molecule has 5 rings (SSSR count). The van der Waals surface area contributed by atoms with Gasteiger partial charge in [-0.15, -0.1) is 0 Å². The Morgan fingerprint density at radius 1 is 1.29 bits per heavy atom. The number of pyridine rings is 2. The van der Waals surface area contributed by atoms with E-state index in [0.29, 0.717) is 18.8 Å². The van der Waals surface area contributed by atoms with Crippen molar-refractivity contribution in [1.29, 1.82) is 0 Å². The zero-order valence-corrected chi connectivity index (χ0v) is 18.5. The van der Waals surface area contributed by atoms with Gasteiger partial charge in [0.15, 0.2) is 17.1 Å². The highest BCUT2D eigenvalue weighted by Crippen LogP contribution is 2.38. The number of esters is 1. The van der Waals surface area contributed by atoms with Gasteiger partial charge >= 0.3 is 5.97 Å². The van der Waals surface area contributed by atoms with Crippen molar-refractivity contribution in [2.75, 3.05) is 19.8 Å². The molecule has 0 unspecified atom stereocenters. The van der Waals surface area contributed by atoms with E-state index in [2.05, 4.69) is 10.3 Å². The molecular weight excluding hydrogens is 461 g/mol. The highest BCUT2D eigenvalue weighted by Gasteiger charge is 2.32. The highest BCUT2D eigenvalue weighted by molar-refractivity contribution is 6.03. The van der Waals surface area contributed by atoms with Gasteiger partial charge in [0.25, 0.3) is 11.5 Å². The maximum atomic E-state index is 13.4. The Morgan fingerprint density at radius 3 is 2.69 bits per heavy atom. The Kier molecular flexibility index (Phi) is 5.69. The summed E-state index contributed by atoms with van der Waals surface area (Å²) < 4.78 is 30.3. The number of nitrogens with one attached hydrogen (secondary N) is 1. The molecule has 1 fully saturated rings. The average Bonchev–Trinajstić information content (AvgIpc) is 2.81. The third-order valence-corrected chi connectivity index (χ3v) is 5.66. The van der Waals surface area contributed by atoms with Crippen LogP contribution in [0.3, 0.4) is 0 Å². The number of carbonyl (C=O) groups is 2. The van der Waals surface area contributed by atoms with Gasteiger partial charge in [-0.1, -0.05) is 12.1 Å². The standard InChI is InChI=1S/C24H20FN3O7/c1-2-34-24(32)17-20(29)18-19-21(13(8-26-18)7-12-3-5-14(25)6-4-12)35-16(9-28(19)23(17)31)22(30)27-15-10-33-11-15/h3-6,8-9,15,29H,2,7,10-11H2,1H3,(H,27,30). The lowest BCUT2D eigenvalue weighted by Gasteiger charge is -2.28. The molecule has 0 atom stereocenters. The van der Waals surface area contributed by atoms with E-state index in [0.717, 1.165) is 16.3 Å². The molecule has 2 aliphatic rings. The van der Waals surface area contributed by atoms with Gasteiger partial charge in [0.1, 0.15) is 16.9 Å². The number of ether oxygens (including phenoxy) is 3. The molecular formula is C24H20FN3O7. The molecule has 2 N–H and O–H groups in total. The predicted molar refractivity (Wildman–Crippen MR) is 120 cm³/mol. The Morgan fingerprint density at radius 2 is 2.03 bits per heavy atom. The van der Waals surface area contributed by atoms with E-state index in [4.69, 9.17) is 14.2 Å². The van der Waals surface area contributed by atoms with E-state index in [-0.39, 0.29) is 41.6 Å². The Labute approximate surface area is 197 Å². The summed E-state index contributed by atoms with van der Waals surface area (Å²) in [6, 6.07) is 5.59. The minimum absolute atomic E-state index is 0.0128. The van der Waals surface area contributed by atoms with Crippen LogP contribution >= 0.6 is 0 Å². The van der Waals surface area contributed by atoms with Gasteiger partial charge in [0.05, 0.1) is 32.1 Å². The normalized spacial score (nSPS) is 14.6. The first-order valence-corrected chi connectivity index (χ1v) is 10.9. The van der Waals surface area contributed by atoms with Crippen LogP contribution in [0, 0.1) is 5.82 Å². The SMILES string of the molecule is CCOC(=O)c1c(O)c2ncc(Cc3ccc(F)cc3)c3c2n(c1=O)C=C(C(=O)NC1COC1)O3. The third-order valence-electron chi connectivity index (χ3n) is 5.66. The van der Waals surface area contributed by atoms with Crippen molar-refractivity contribution < 1.29 is 33.3 Å². The molecule has 1 amide bonds. The van der Waals surface area contributed by atoms with Crippen LogP contribution in [-0.4, -0.2) is 52.4 Å². The van der Waals surface area contributed by atoms with Gasteiger partial charge in [-0.25, -0.2) is 9.18 Å². The molecule has 11 heteroatoms. The van der Waals surface area contributed by atoms with Gasteiger partial charge in [-0.05, 0) is 24.6 Å². The number of hydrogen-bond acceptors (Lipinski definition) is 8. The van der Waals surface area contributed by atoms with E-state index in [1.807, 2.05) is 0 Å². The van der Waals surface area contributed by atoms with E-state index >= 15 is 0 Å². The Bertz CT molecular complexity index is 1440. The fraction of sp³-hybridized carbons (Fsp3) is 0.250. The number of aromatic hydroxyl groups is 1. The number of carbonyl (C=O) groups excluding carboxylic acids is 2. The van der Waals surface area contributed by atoms with Crippen LogP contribution in [-0.2, 0) is 20.7 Å². The van der Waals surface area contributed by atoms with Crippen LogP contribution in [0.2, 0.25) is 0 Å². The number of aromatic nitrogens is 2. The number of nitrogens with zero attached hydrogens (tertiary/aromatic N) is 2. The molecule has 0 aliphatic carbocycles. The van der Waals surface area contributed by atoms with E-state index in [9.17, 15) is 23.9 Å². The first-order chi connectivity index (χ1) is 16.9. The topological polar surface area (TPSA) is 129 Å². The summed E-state index contributed by atoms with van der Waals surface area (Å²) in [5.74, 6) is -2.73. The molecule has 180 valence electrons. The van der Waals surface area contributed by atoms with E-state index in [1.54, 1.807) is 19.1 Å². The van der Waals surface area contributed by atoms with Crippen LogP contribution < -0.4 is 15.6 Å². The lowest BCUT2D eigenvalue weighted by molar-refractivity contribution is -0.123. The number of amides is 1. The first kappa shape index (κ1) is 22.5. The van der Waals surface area contributed by atoms with E-state index < -0.39 is 34.6 Å². The van der Waals surface area contributed by atoms with Gasteiger partial charge in [-0.2, -0.15) is 0 Å². The number of rotatable bonds is 6. The molecule has 1 saturated heterocycles. The summed E-state index contributed by atoms with van der Waals surface area (Å²) >= 11 is 0. The molecule has 0 bridgehead atoms. The van der Waals surface area contributed by atoms with E-state index in [1.165, 1.54) is 18.3 Å². The zero-order valence-electron chi connectivity index (χ0n) is 18.5. The summed E-state index contributed by atoms with van der Waals surface area (Å²) in [6.07, 6.45) is 2.79.